The summed E-state index contributed by atoms with van der Waals surface area (Å²) in [5.74, 6) is 0.827. The third-order valence-corrected chi connectivity index (χ3v) is 7.22. The zero-order chi connectivity index (χ0) is 23.1. The van der Waals surface area contributed by atoms with E-state index in [9.17, 15) is 13.2 Å². The van der Waals surface area contributed by atoms with E-state index < -0.39 is 10.0 Å². The number of nitrogens with one attached hydrogen (secondary N) is 1. The van der Waals surface area contributed by atoms with Gasteiger partial charge < -0.3 is 10.1 Å². The van der Waals surface area contributed by atoms with Crippen molar-refractivity contribution in [1.82, 2.24) is 5.32 Å². The lowest BCUT2D eigenvalue weighted by molar-refractivity contribution is -0.116. The number of anilines is 1. The number of ether oxygens (including phenoxy) is 1. The Balaban J connectivity index is 1.24. The van der Waals surface area contributed by atoms with Crippen LogP contribution >= 0.6 is 0 Å². The third kappa shape index (κ3) is 6.23. The van der Waals surface area contributed by atoms with E-state index in [0.717, 1.165) is 22.4 Å². The van der Waals surface area contributed by atoms with Crippen LogP contribution in [0.5, 0.6) is 5.75 Å². The first-order valence-electron chi connectivity index (χ1n) is 10.8. The van der Waals surface area contributed by atoms with Gasteiger partial charge in [-0.3, -0.25) is 9.10 Å². The predicted octanol–water partition coefficient (Wildman–Crippen LogP) is 4.14. The van der Waals surface area contributed by atoms with E-state index in [-0.39, 0.29) is 11.7 Å². The van der Waals surface area contributed by atoms with Gasteiger partial charge in [-0.15, -0.1) is 0 Å². The smallest absolute Gasteiger partial charge is 0.244 e. The van der Waals surface area contributed by atoms with Crippen molar-refractivity contribution >= 4 is 27.7 Å². The lowest BCUT2D eigenvalue weighted by atomic mass is 10.1. The van der Waals surface area contributed by atoms with E-state index in [1.165, 1.54) is 10.4 Å². The van der Waals surface area contributed by atoms with Crippen molar-refractivity contribution in [2.24, 2.45) is 0 Å². The third-order valence-electron chi connectivity index (χ3n) is 5.35. The fraction of sp³-hybridized carbons (Fsp3) is 0.192. The Kier molecular flexibility index (Phi) is 7.10. The Morgan fingerprint density at radius 2 is 1.64 bits per heavy atom. The maximum Gasteiger partial charge on any atom is 0.244 e. The molecule has 0 aliphatic carbocycles. The lowest BCUT2D eigenvalue weighted by Gasteiger charge is -2.16. The van der Waals surface area contributed by atoms with Gasteiger partial charge in [-0.05, 0) is 53.5 Å². The van der Waals surface area contributed by atoms with Crippen LogP contribution in [0.4, 0.5) is 5.69 Å². The molecule has 1 N–H and O–H groups in total. The minimum Gasteiger partial charge on any atom is -0.489 e. The van der Waals surface area contributed by atoms with Crippen molar-refractivity contribution in [2.45, 2.75) is 19.6 Å². The predicted molar refractivity (Wildman–Crippen MR) is 130 cm³/mol. The number of benzene rings is 3. The fourth-order valence-electron chi connectivity index (χ4n) is 3.54. The fourth-order valence-corrected chi connectivity index (χ4v) is 5.10. The molecule has 3 aromatic carbocycles. The molecule has 0 atom stereocenters. The summed E-state index contributed by atoms with van der Waals surface area (Å²) in [6.07, 6.45) is 3.83. The van der Waals surface area contributed by atoms with Crippen molar-refractivity contribution < 1.29 is 17.9 Å². The highest BCUT2D eigenvalue weighted by Gasteiger charge is 2.28. The normalized spacial score (nSPS) is 15.0. The van der Waals surface area contributed by atoms with Crippen LogP contribution in [-0.2, 0) is 28.0 Å². The van der Waals surface area contributed by atoms with Gasteiger partial charge in [-0.2, -0.15) is 0 Å². The van der Waals surface area contributed by atoms with Crippen molar-refractivity contribution in [1.29, 1.82) is 0 Å². The number of carbonyl (C=O) groups excluding carboxylic acids is 1. The topological polar surface area (TPSA) is 75.7 Å². The molecule has 1 saturated heterocycles. The molecule has 0 saturated carbocycles. The Morgan fingerprint density at radius 3 is 2.30 bits per heavy atom. The first-order valence-corrected chi connectivity index (χ1v) is 12.4. The molecule has 3 aromatic rings. The second kappa shape index (κ2) is 10.4. The molecular weight excluding hydrogens is 436 g/mol. The number of hydrogen-bond acceptors (Lipinski definition) is 4. The van der Waals surface area contributed by atoms with Crippen LogP contribution in [0.15, 0.2) is 84.9 Å². The molecule has 4 rings (SSSR count). The zero-order valence-electron chi connectivity index (χ0n) is 18.2. The summed E-state index contributed by atoms with van der Waals surface area (Å²) in [5.41, 5.74) is 3.54. The number of amides is 1. The molecule has 0 radical (unpaired) electrons. The van der Waals surface area contributed by atoms with E-state index in [1.54, 1.807) is 18.2 Å². The van der Waals surface area contributed by atoms with Gasteiger partial charge in [-0.25, -0.2) is 8.42 Å². The molecule has 7 heteroatoms. The zero-order valence-corrected chi connectivity index (χ0v) is 19.0. The molecule has 1 aliphatic heterocycles. The number of para-hydroxylation sites is 1. The molecule has 0 unspecified atom stereocenters. The SMILES string of the molecule is O=C(/C=C/c1ccc(N2CCCS2(=O)=O)cc1)NCc1ccc(COc2ccccc2)cc1. The highest BCUT2D eigenvalue weighted by molar-refractivity contribution is 7.93. The van der Waals surface area contributed by atoms with Gasteiger partial charge in [0.1, 0.15) is 12.4 Å². The Hall–Kier alpha value is -3.58. The van der Waals surface area contributed by atoms with E-state index in [2.05, 4.69) is 5.32 Å². The summed E-state index contributed by atoms with van der Waals surface area (Å²) >= 11 is 0. The maximum atomic E-state index is 12.2. The average Bonchev–Trinajstić information content (AvgIpc) is 3.20. The summed E-state index contributed by atoms with van der Waals surface area (Å²) in [4.78, 5) is 12.2. The minimum atomic E-state index is -3.19. The Bertz CT molecular complexity index is 1210. The minimum absolute atomic E-state index is 0.193. The quantitative estimate of drug-likeness (QED) is 0.511. The van der Waals surface area contributed by atoms with Gasteiger partial charge >= 0.3 is 0 Å². The number of sulfonamides is 1. The van der Waals surface area contributed by atoms with Crippen LogP contribution in [0.2, 0.25) is 0 Å². The van der Waals surface area contributed by atoms with Crippen LogP contribution in [0, 0.1) is 0 Å². The number of nitrogens with zero attached hydrogens (tertiary/aromatic N) is 1. The van der Waals surface area contributed by atoms with Gasteiger partial charge in [0, 0.05) is 19.2 Å². The van der Waals surface area contributed by atoms with E-state index >= 15 is 0 Å². The highest BCUT2D eigenvalue weighted by atomic mass is 32.2. The molecule has 1 heterocycles. The highest BCUT2D eigenvalue weighted by Crippen LogP contribution is 2.24. The standard InChI is InChI=1S/C26H26N2O4S/c29-26(16-13-21-11-14-24(15-12-21)28-17-4-18-33(28,30)31)27-19-22-7-9-23(10-8-22)20-32-25-5-2-1-3-6-25/h1-3,5-16H,4,17-20H2,(H,27,29)/b16-13+. The van der Waals surface area contributed by atoms with Crippen LogP contribution < -0.4 is 14.4 Å². The van der Waals surface area contributed by atoms with E-state index in [4.69, 9.17) is 4.74 Å². The molecule has 1 fully saturated rings. The molecule has 0 aromatic heterocycles. The average molecular weight is 463 g/mol. The van der Waals surface area contributed by atoms with Crippen molar-refractivity contribution in [3.05, 3.63) is 102 Å². The summed E-state index contributed by atoms with van der Waals surface area (Å²) < 4.78 is 31.2. The van der Waals surface area contributed by atoms with Gasteiger partial charge in [-0.1, -0.05) is 54.6 Å². The largest absolute Gasteiger partial charge is 0.489 e. The van der Waals surface area contributed by atoms with Crippen molar-refractivity contribution in [2.75, 3.05) is 16.6 Å². The lowest BCUT2D eigenvalue weighted by Crippen LogP contribution is -2.24. The van der Waals surface area contributed by atoms with Crippen molar-refractivity contribution in [3.63, 3.8) is 0 Å². The van der Waals surface area contributed by atoms with Crippen molar-refractivity contribution in [3.8, 4) is 5.75 Å². The number of rotatable bonds is 8. The second-order valence-corrected chi connectivity index (χ2v) is 9.82. The van der Waals surface area contributed by atoms with Gasteiger partial charge in [0.25, 0.3) is 0 Å². The first kappa shape index (κ1) is 22.6. The summed E-state index contributed by atoms with van der Waals surface area (Å²) in [6, 6.07) is 24.7. The molecule has 170 valence electrons. The Labute approximate surface area is 194 Å². The molecule has 1 amide bonds. The van der Waals surface area contributed by atoms with Gasteiger partial charge in [0.2, 0.25) is 15.9 Å². The van der Waals surface area contributed by atoms with Crippen LogP contribution in [0.25, 0.3) is 6.08 Å². The first-order chi connectivity index (χ1) is 16.0. The summed E-state index contributed by atoms with van der Waals surface area (Å²) in [5, 5.41) is 2.87. The Morgan fingerprint density at radius 1 is 0.939 bits per heavy atom. The molecule has 6 nitrogen and oxygen atoms in total. The summed E-state index contributed by atoms with van der Waals surface area (Å²) in [6.45, 7) is 1.43. The van der Waals surface area contributed by atoms with Crippen LogP contribution in [0.3, 0.4) is 0 Å². The van der Waals surface area contributed by atoms with Gasteiger partial charge in [0.05, 0.1) is 11.4 Å². The molecule has 0 spiro atoms. The van der Waals surface area contributed by atoms with E-state index in [1.807, 2.05) is 66.7 Å². The molecule has 0 bridgehead atoms. The monoisotopic (exact) mass is 462 g/mol. The molecular formula is C26H26N2O4S. The summed E-state index contributed by atoms with van der Waals surface area (Å²) in [7, 11) is -3.19. The number of hydrogen-bond donors (Lipinski definition) is 1. The maximum absolute atomic E-state index is 12.2. The second-order valence-electron chi connectivity index (χ2n) is 7.80. The van der Waals surface area contributed by atoms with Gasteiger partial charge in [0.15, 0.2) is 0 Å². The van der Waals surface area contributed by atoms with Crippen LogP contribution in [0.1, 0.15) is 23.1 Å². The molecule has 33 heavy (non-hydrogen) atoms. The van der Waals surface area contributed by atoms with Crippen LogP contribution in [-0.4, -0.2) is 26.6 Å². The van der Waals surface area contributed by atoms with E-state index in [0.29, 0.717) is 31.8 Å². The number of carbonyl (C=O) groups is 1. The molecule has 1 aliphatic rings.